The lowest BCUT2D eigenvalue weighted by molar-refractivity contribution is 0.103. The molecule has 3 rings (SSSR count). The number of pyridine rings is 1. The van der Waals surface area contributed by atoms with E-state index in [1.165, 1.54) is 5.56 Å². The van der Waals surface area contributed by atoms with Crippen LogP contribution in [-0.4, -0.2) is 10.8 Å². The Hall–Kier alpha value is -2.39. The molecule has 0 saturated heterocycles. The molecular weight excluding hydrogens is 302 g/mol. The number of hydrogen-bond donors (Lipinski definition) is 0. The van der Waals surface area contributed by atoms with Gasteiger partial charge in [0.05, 0.1) is 5.03 Å². The summed E-state index contributed by atoms with van der Waals surface area (Å²) in [6, 6.07) is 21.5. The maximum Gasteiger partial charge on any atom is 0.194 e. The highest BCUT2D eigenvalue weighted by Gasteiger charge is 2.11. The van der Waals surface area contributed by atoms with E-state index >= 15 is 0 Å². The van der Waals surface area contributed by atoms with Gasteiger partial charge >= 0.3 is 0 Å². The number of aromatic nitrogens is 1. The third kappa shape index (κ3) is 3.88. The van der Waals surface area contributed by atoms with Crippen molar-refractivity contribution in [2.75, 3.05) is 0 Å². The summed E-state index contributed by atoms with van der Waals surface area (Å²) in [5, 5.41) is 0.971. The molecule has 114 valence electrons. The van der Waals surface area contributed by atoms with Crippen molar-refractivity contribution in [1.29, 1.82) is 0 Å². The molecule has 0 fully saturated rings. The molecule has 0 unspecified atom stereocenters. The zero-order chi connectivity index (χ0) is 16.1. The van der Waals surface area contributed by atoms with Crippen molar-refractivity contribution in [3.8, 4) is 0 Å². The molecule has 0 spiro atoms. The Morgan fingerprint density at radius 3 is 2.26 bits per heavy atom. The highest BCUT2D eigenvalue weighted by Crippen LogP contribution is 2.25. The Bertz CT molecular complexity index is 800. The number of rotatable bonds is 5. The van der Waals surface area contributed by atoms with Crippen LogP contribution in [0.4, 0.5) is 0 Å². The van der Waals surface area contributed by atoms with E-state index in [4.69, 9.17) is 0 Å². The summed E-state index contributed by atoms with van der Waals surface area (Å²) in [4.78, 5) is 16.9. The Morgan fingerprint density at radius 1 is 0.957 bits per heavy atom. The van der Waals surface area contributed by atoms with Gasteiger partial charge in [0.25, 0.3) is 0 Å². The van der Waals surface area contributed by atoms with Crippen LogP contribution >= 0.6 is 11.8 Å². The fourth-order valence-corrected chi connectivity index (χ4v) is 3.23. The van der Waals surface area contributed by atoms with E-state index in [0.29, 0.717) is 11.1 Å². The Morgan fingerprint density at radius 2 is 1.61 bits per heavy atom. The third-order valence-electron chi connectivity index (χ3n) is 3.55. The predicted octanol–water partition coefficient (Wildman–Crippen LogP) is 4.91. The molecule has 0 amide bonds. The SMILES string of the molecule is Cc1cc(C(=O)c2ccccc2)cnc1SCc1ccccc1. The first-order valence-corrected chi connectivity index (χ1v) is 8.46. The van der Waals surface area contributed by atoms with Crippen molar-refractivity contribution in [3.05, 3.63) is 95.2 Å². The zero-order valence-corrected chi connectivity index (χ0v) is 13.7. The number of thioether (sulfide) groups is 1. The smallest absolute Gasteiger partial charge is 0.194 e. The molecule has 2 aromatic carbocycles. The number of hydrogen-bond acceptors (Lipinski definition) is 3. The minimum atomic E-state index is 0.0146. The van der Waals surface area contributed by atoms with E-state index in [-0.39, 0.29) is 5.78 Å². The monoisotopic (exact) mass is 319 g/mol. The lowest BCUT2D eigenvalue weighted by Gasteiger charge is -2.07. The van der Waals surface area contributed by atoms with Gasteiger partial charge < -0.3 is 0 Å². The van der Waals surface area contributed by atoms with Gasteiger partial charge in [0, 0.05) is 23.1 Å². The highest BCUT2D eigenvalue weighted by atomic mass is 32.2. The molecule has 0 radical (unpaired) electrons. The summed E-state index contributed by atoms with van der Waals surface area (Å²) in [7, 11) is 0. The molecule has 2 nitrogen and oxygen atoms in total. The van der Waals surface area contributed by atoms with Crippen LogP contribution < -0.4 is 0 Å². The van der Waals surface area contributed by atoms with E-state index in [1.807, 2.05) is 61.5 Å². The van der Waals surface area contributed by atoms with Crippen LogP contribution in [-0.2, 0) is 5.75 Å². The number of nitrogens with zero attached hydrogens (tertiary/aromatic N) is 1. The van der Waals surface area contributed by atoms with Crippen molar-refractivity contribution >= 4 is 17.5 Å². The van der Waals surface area contributed by atoms with Crippen LogP contribution in [0.2, 0.25) is 0 Å². The van der Waals surface area contributed by atoms with E-state index < -0.39 is 0 Å². The summed E-state index contributed by atoms with van der Waals surface area (Å²) >= 11 is 1.69. The summed E-state index contributed by atoms with van der Waals surface area (Å²) in [5.74, 6) is 0.890. The maximum atomic E-state index is 12.4. The second-order valence-electron chi connectivity index (χ2n) is 5.32. The molecule has 0 aliphatic rings. The normalized spacial score (nSPS) is 10.5. The standard InChI is InChI=1S/C20H17NOS/c1-15-12-18(19(22)17-10-6-3-7-11-17)13-21-20(15)23-14-16-8-4-2-5-9-16/h2-13H,14H2,1H3. The molecule has 1 aromatic heterocycles. The molecule has 3 aromatic rings. The van der Waals surface area contributed by atoms with Crippen LogP contribution in [0.15, 0.2) is 78.0 Å². The average Bonchev–Trinajstić information content (AvgIpc) is 2.61. The van der Waals surface area contributed by atoms with Gasteiger partial charge in [-0.15, -0.1) is 11.8 Å². The molecule has 0 aliphatic heterocycles. The van der Waals surface area contributed by atoms with E-state index in [9.17, 15) is 4.79 Å². The number of carbonyl (C=O) groups excluding carboxylic acids is 1. The van der Waals surface area contributed by atoms with Gasteiger partial charge in [-0.2, -0.15) is 0 Å². The van der Waals surface area contributed by atoms with Gasteiger partial charge in [-0.25, -0.2) is 4.98 Å². The van der Waals surface area contributed by atoms with Gasteiger partial charge in [0.15, 0.2) is 5.78 Å². The predicted molar refractivity (Wildman–Crippen MR) is 94.9 cm³/mol. The molecule has 3 heteroatoms. The zero-order valence-electron chi connectivity index (χ0n) is 12.9. The lowest BCUT2D eigenvalue weighted by atomic mass is 10.0. The minimum absolute atomic E-state index is 0.0146. The molecule has 0 aliphatic carbocycles. The first-order valence-electron chi connectivity index (χ1n) is 7.47. The second-order valence-corrected chi connectivity index (χ2v) is 6.28. The van der Waals surface area contributed by atoms with Crippen molar-refractivity contribution in [2.45, 2.75) is 17.7 Å². The maximum absolute atomic E-state index is 12.4. The van der Waals surface area contributed by atoms with E-state index in [1.54, 1.807) is 18.0 Å². The van der Waals surface area contributed by atoms with Gasteiger partial charge in [-0.3, -0.25) is 4.79 Å². The average molecular weight is 319 g/mol. The summed E-state index contributed by atoms with van der Waals surface area (Å²) in [5.41, 5.74) is 3.63. The van der Waals surface area contributed by atoms with E-state index in [0.717, 1.165) is 16.3 Å². The molecule has 0 N–H and O–H groups in total. The van der Waals surface area contributed by atoms with Crippen molar-refractivity contribution in [1.82, 2.24) is 4.98 Å². The third-order valence-corrected chi connectivity index (χ3v) is 4.73. The fraction of sp³-hybridized carbons (Fsp3) is 0.100. The van der Waals surface area contributed by atoms with Crippen LogP contribution in [0.1, 0.15) is 27.0 Å². The molecule has 0 atom stereocenters. The summed E-state index contributed by atoms with van der Waals surface area (Å²) < 4.78 is 0. The quantitative estimate of drug-likeness (QED) is 0.494. The molecule has 1 heterocycles. The molecular formula is C20H17NOS. The largest absolute Gasteiger partial charge is 0.289 e. The van der Waals surface area contributed by atoms with Gasteiger partial charge in [0.2, 0.25) is 0 Å². The number of benzene rings is 2. The van der Waals surface area contributed by atoms with Gasteiger partial charge in [0.1, 0.15) is 0 Å². The minimum Gasteiger partial charge on any atom is -0.289 e. The molecule has 0 bridgehead atoms. The molecule has 0 saturated carbocycles. The van der Waals surface area contributed by atoms with Crippen LogP contribution in [0, 0.1) is 6.92 Å². The second kappa shape index (κ2) is 7.25. The van der Waals surface area contributed by atoms with Crippen molar-refractivity contribution < 1.29 is 4.79 Å². The number of ketones is 1. The Balaban J connectivity index is 1.74. The Labute approximate surface area is 140 Å². The first-order chi connectivity index (χ1) is 11.2. The molecule has 23 heavy (non-hydrogen) atoms. The Kier molecular flexibility index (Phi) is 4.89. The lowest BCUT2D eigenvalue weighted by Crippen LogP contribution is -2.03. The highest BCUT2D eigenvalue weighted by molar-refractivity contribution is 7.98. The van der Waals surface area contributed by atoms with Crippen LogP contribution in [0.3, 0.4) is 0 Å². The summed E-state index contributed by atoms with van der Waals surface area (Å²) in [6.45, 7) is 2.00. The summed E-state index contributed by atoms with van der Waals surface area (Å²) in [6.07, 6.45) is 1.68. The number of carbonyl (C=O) groups is 1. The van der Waals surface area contributed by atoms with Gasteiger partial charge in [-0.05, 0) is 24.1 Å². The number of aryl methyl sites for hydroxylation is 1. The topological polar surface area (TPSA) is 30.0 Å². The van der Waals surface area contributed by atoms with E-state index in [2.05, 4.69) is 17.1 Å². The van der Waals surface area contributed by atoms with Crippen molar-refractivity contribution in [2.24, 2.45) is 0 Å². The first kappa shape index (κ1) is 15.5. The fourth-order valence-electron chi connectivity index (χ4n) is 2.32. The van der Waals surface area contributed by atoms with Crippen LogP contribution in [0.25, 0.3) is 0 Å². The van der Waals surface area contributed by atoms with Crippen molar-refractivity contribution in [3.63, 3.8) is 0 Å². The van der Waals surface area contributed by atoms with Crippen LogP contribution in [0.5, 0.6) is 0 Å². The van der Waals surface area contributed by atoms with Gasteiger partial charge in [-0.1, -0.05) is 60.7 Å².